The van der Waals surface area contributed by atoms with Gasteiger partial charge in [0, 0.05) is 43.2 Å². The number of nitrogens with zero attached hydrogens (tertiary/aromatic N) is 2. The van der Waals surface area contributed by atoms with Crippen LogP contribution in [-0.2, 0) is 15.8 Å². The van der Waals surface area contributed by atoms with Gasteiger partial charge in [-0.15, -0.1) is 0 Å². The second-order valence-electron chi connectivity index (χ2n) is 6.37. The number of piperazine rings is 1. The van der Waals surface area contributed by atoms with Crippen LogP contribution < -0.4 is 0 Å². The molecule has 0 atom stereocenters. The van der Waals surface area contributed by atoms with Gasteiger partial charge in [0.05, 0.1) is 5.56 Å². The number of hydrogen-bond acceptors (Lipinski definition) is 2. The fraction of sp³-hybridized carbons (Fsp3) is 0.444. The van der Waals surface area contributed by atoms with Crippen LogP contribution >= 0.6 is 11.6 Å². The molecular formula is C18H20ClF3N2O2. The molecule has 0 radical (unpaired) electrons. The van der Waals surface area contributed by atoms with Gasteiger partial charge in [0.1, 0.15) is 0 Å². The molecule has 1 aliphatic rings. The third-order valence-electron chi connectivity index (χ3n) is 4.13. The van der Waals surface area contributed by atoms with Gasteiger partial charge in [-0.25, -0.2) is 0 Å². The van der Waals surface area contributed by atoms with Gasteiger partial charge in [0.15, 0.2) is 0 Å². The van der Waals surface area contributed by atoms with E-state index in [0.29, 0.717) is 26.2 Å². The molecule has 1 aromatic rings. The molecule has 142 valence electrons. The van der Waals surface area contributed by atoms with Crippen LogP contribution in [0.4, 0.5) is 13.2 Å². The number of benzene rings is 1. The lowest BCUT2D eigenvalue weighted by atomic mass is 10.1. The summed E-state index contributed by atoms with van der Waals surface area (Å²) in [5.41, 5.74) is -0.696. The standard InChI is InChI=1S/C18H20ClF3N2O2/c1-12(2)17(26)24-9-7-23(8-10-24)16(25)6-3-13-11-14(18(20,21)22)4-5-15(13)19/h3-6,11-12H,7-10H2,1-2H3/b6-3+. The first-order chi connectivity index (χ1) is 12.1. The number of carbonyl (C=O) groups excluding carboxylic acids is 2. The van der Waals surface area contributed by atoms with Gasteiger partial charge in [0.2, 0.25) is 11.8 Å². The smallest absolute Gasteiger partial charge is 0.339 e. The topological polar surface area (TPSA) is 40.6 Å². The molecule has 1 aromatic carbocycles. The monoisotopic (exact) mass is 388 g/mol. The predicted octanol–water partition coefficient (Wildman–Crippen LogP) is 3.70. The molecule has 2 amide bonds. The molecule has 26 heavy (non-hydrogen) atoms. The van der Waals surface area contributed by atoms with Crippen molar-refractivity contribution in [1.29, 1.82) is 0 Å². The molecule has 1 aliphatic heterocycles. The lowest BCUT2D eigenvalue weighted by molar-refractivity contribution is -0.139. The Morgan fingerprint density at radius 3 is 2.23 bits per heavy atom. The first kappa shape index (κ1) is 20.3. The largest absolute Gasteiger partial charge is 0.416 e. The maximum Gasteiger partial charge on any atom is 0.416 e. The van der Waals surface area contributed by atoms with Crippen molar-refractivity contribution >= 4 is 29.5 Å². The molecule has 1 heterocycles. The first-order valence-corrected chi connectivity index (χ1v) is 8.60. The van der Waals surface area contributed by atoms with Crippen LogP contribution in [0.25, 0.3) is 6.08 Å². The van der Waals surface area contributed by atoms with E-state index in [9.17, 15) is 22.8 Å². The Balaban J connectivity index is 2.01. The normalized spacial score (nSPS) is 15.8. The molecule has 4 nitrogen and oxygen atoms in total. The summed E-state index contributed by atoms with van der Waals surface area (Å²) in [5.74, 6) is -0.376. The summed E-state index contributed by atoms with van der Waals surface area (Å²) in [6.45, 7) is 5.31. The van der Waals surface area contributed by atoms with E-state index in [0.717, 1.165) is 18.2 Å². The third kappa shape index (κ3) is 5.00. The van der Waals surface area contributed by atoms with Gasteiger partial charge >= 0.3 is 6.18 Å². The molecule has 1 saturated heterocycles. The zero-order valence-corrected chi connectivity index (χ0v) is 15.3. The van der Waals surface area contributed by atoms with Crippen molar-refractivity contribution in [2.75, 3.05) is 26.2 Å². The minimum atomic E-state index is -4.48. The summed E-state index contributed by atoms with van der Waals surface area (Å²) in [5, 5.41) is 0.134. The average Bonchev–Trinajstić information content (AvgIpc) is 2.59. The van der Waals surface area contributed by atoms with Crippen LogP contribution in [0.5, 0.6) is 0 Å². The molecule has 0 N–H and O–H groups in total. The minimum absolute atomic E-state index is 0.0448. The molecule has 0 unspecified atom stereocenters. The third-order valence-corrected chi connectivity index (χ3v) is 4.47. The van der Waals surface area contributed by atoms with E-state index in [1.165, 1.54) is 12.2 Å². The van der Waals surface area contributed by atoms with Crippen molar-refractivity contribution in [3.05, 3.63) is 40.4 Å². The van der Waals surface area contributed by atoms with Crippen molar-refractivity contribution in [1.82, 2.24) is 9.80 Å². The highest BCUT2D eigenvalue weighted by Gasteiger charge is 2.30. The number of hydrogen-bond donors (Lipinski definition) is 0. The lowest BCUT2D eigenvalue weighted by Crippen LogP contribution is -2.51. The van der Waals surface area contributed by atoms with Crippen LogP contribution in [-0.4, -0.2) is 47.8 Å². The molecule has 2 rings (SSSR count). The van der Waals surface area contributed by atoms with Gasteiger partial charge < -0.3 is 9.80 Å². The first-order valence-electron chi connectivity index (χ1n) is 8.22. The number of alkyl halides is 3. The number of amides is 2. The van der Waals surface area contributed by atoms with E-state index in [2.05, 4.69) is 0 Å². The zero-order chi connectivity index (χ0) is 19.5. The van der Waals surface area contributed by atoms with Crippen LogP contribution in [0.2, 0.25) is 5.02 Å². The Kier molecular flexibility index (Phi) is 6.34. The molecule has 0 spiro atoms. The van der Waals surface area contributed by atoms with E-state index in [-0.39, 0.29) is 28.3 Å². The van der Waals surface area contributed by atoms with Gasteiger partial charge in [0.25, 0.3) is 0 Å². The van der Waals surface area contributed by atoms with E-state index >= 15 is 0 Å². The molecule has 0 bridgehead atoms. The second-order valence-corrected chi connectivity index (χ2v) is 6.78. The van der Waals surface area contributed by atoms with E-state index in [1.54, 1.807) is 9.80 Å². The van der Waals surface area contributed by atoms with Gasteiger partial charge in [-0.05, 0) is 29.8 Å². The lowest BCUT2D eigenvalue weighted by Gasteiger charge is -2.35. The highest BCUT2D eigenvalue weighted by atomic mass is 35.5. The fourth-order valence-corrected chi connectivity index (χ4v) is 2.81. The molecule has 8 heteroatoms. The molecular weight excluding hydrogens is 369 g/mol. The quantitative estimate of drug-likeness (QED) is 0.741. The van der Waals surface area contributed by atoms with Gasteiger partial charge in [-0.1, -0.05) is 25.4 Å². The maximum atomic E-state index is 12.8. The molecule has 0 aliphatic carbocycles. The Morgan fingerprint density at radius 1 is 1.12 bits per heavy atom. The van der Waals surface area contributed by atoms with E-state index < -0.39 is 11.7 Å². The fourth-order valence-electron chi connectivity index (χ4n) is 2.63. The highest BCUT2D eigenvalue weighted by Crippen LogP contribution is 2.32. The van der Waals surface area contributed by atoms with E-state index in [4.69, 9.17) is 11.6 Å². The van der Waals surface area contributed by atoms with Crippen molar-refractivity contribution in [2.24, 2.45) is 5.92 Å². The predicted molar refractivity (Wildman–Crippen MR) is 93.5 cm³/mol. The van der Waals surface area contributed by atoms with Crippen molar-refractivity contribution in [3.63, 3.8) is 0 Å². The summed E-state index contributed by atoms with van der Waals surface area (Å²) >= 11 is 5.91. The summed E-state index contributed by atoms with van der Waals surface area (Å²) in [4.78, 5) is 27.5. The SMILES string of the molecule is CC(C)C(=O)N1CCN(C(=O)/C=C/c2cc(C(F)(F)F)ccc2Cl)CC1. The Hall–Kier alpha value is -2.02. The Morgan fingerprint density at radius 2 is 1.69 bits per heavy atom. The summed E-state index contributed by atoms with van der Waals surface area (Å²) < 4.78 is 38.3. The zero-order valence-electron chi connectivity index (χ0n) is 14.5. The van der Waals surface area contributed by atoms with Crippen LogP contribution in [0.15, 0.2) is 24.3 Å². The van der Waals surface area contributed by atoms with Crippen LogP contribution in [0.1, 0.15) is 25.0 Å². The number of carbonyl (C=O) groups is 2. The number of halogens is 4. The summed E-state index contributed by atoms with van der Waals surface area (Å²) in [6.07, 6.45) is -1.98. The minimum Gasteiger partial charge on any atom is -0.339 e. The van der Waals surface area contributed by atoms with Crippen molar-refractivity contribution < 1.29 is 22.8 Å². The van der Waals surface area contributed by atoms with Crippen LogP contribution in [0, 0.1) is 5.92 Å². The average molecular weight is 389 g/mol. The van der Waals surface area contributed by atoms with Gasteiger partial charge in [-0.3, -0.25) is 9.59 Å². The molecule has 0 saturated carbocycles. The van der Waals surface area contributed by atoms with Crippen molar-refractivity contribution in [3.8, 4) is 0 Å². The number of rotatable bonds is 3. The Labute approximate surface area is 155 Å². The van der Waals surface area contributed by atoms with Crippen molar-refractivity contribution in [2.45, 2.75) is 20.0 Å². The van der Waals surface area contributed by atoms with Gasteiger partial charge in [-0.2, -0.15) is 13.2 Å². The summed E-state index contributed by atoms with van der Waals surface area (Å²) in [7, 11) is 0. The Bertz CT molecular complexity index is 709. The van der Waals surface area contributed by atoms with Crippen LogP contribution in [0.3, 0.4) is 0 Å². The summed E-state index contributed by atoms with van der Waals surface area (Å²) in [6, 6.07) is 2.96. The maximum absolute atomic E-state index is 12.8. The second kappa shape index (κ2) is 8.12. The molecule has 0 aromatic heterocycles. The van der Waals surface area contributed by atoms with E-state index in [1.807, 2.05) is 13.8 Å². The highest BCUT2D eigenvalue weighted by molar-refractivity contribution is 6.32. The molecule has 1 fully saturated rings.